The van der Waals surface area contributed by atoms with E-state index in [1.165, 1.54) is 0 Å². The van der Waals surface area contributed by atoms with Gasteiger partial charge < -0.3 is 50.3 Å². The largest absolute Gasteiger partial charge is 0.478 e. The zero-order valence-corrected chi connectivity index (χ0v) is 31.0. The summed E-state index contributed by atoms with van der Waals surface area (Å²) in [5, 5.41) is 67.3. The number of rotatable bonds is 12. The monoisotopic (exact) mass is 994 g/mol. The Kier molecular flexibility index (Phi) is 13.8. The summed E-state index contributed by atoms with van der Waals surface area (Å²) < 4.78 is 210. The second-order valence-corrected chi connectivity index (χ2v) is 12.1. The highest BCUT2D eigenvalue weighted by molar-refractivity contribution is 6.12. The molecule has 0 radical (unpaired) electrons. The molecule has 0 fully saturated rings. The maximum Gasteiger partial charge on any atom is 0.339 e. The SMILES string of the molecule is O=C(O)c1c(C(=O)O)c(F)c2c(F)c(C(=O)O)c(C(=O)O)c(F)c2c1F.O=C(O)c1c(F)c(F)c(Oc2c(F)c(F)c(Oc3c(F)c(F)c(C(=O)O)c(C(=O)O)c3F)c(F)c2F)c(F)c1C(=O)O. The molecule has 8 N–H and O–H groups in total. The Labute approximate surface area is 357 Å². The highest BCUT2D eigenvalue weighted by Gasteiger charge is 2.40. The Balaban J connectivity index is 0.000000332. The van der Waals surface area contributed by atoms with Gasteiger partial charge >= 0.3 is 47.8 Å². The molecule has 0 aliphatic heterocycles. The van der Waals surface area contributed by atoms with Crippen molar-refractivity contribution in [1.29, 1.82) is 0 Å². The van der Waals surface area contributed by atoms with Crippen LogP contribution in [0.15, 0.2) is 0 Å². The van der Waals surface area contributed by atoms with Crippen LogP contribution in [0.3, 0.4) is 0 Å². The van der Waals surface area contributed by atoms with Crippen LogP contribution in [0.2, 0.25) is 0 Å². The second-order valence-electron chi connectivity index (χ2n) is 12.1. The van der Waals surface area contributed by atoms with E-state index in [4.69, 9.17) is 40.9 Å². The molecule has 0 unspecified atom stereocenters. The lowest BCUT2D eigenvalue weighted by Gasteiger charge is -2.17. The molecule has 0 bridgehead atoms. The lowest BCUT2D eigenvalue weighted by atomic mass is 9.93. The number of hydrogen-bond donors (Lipinski definition) is 8. The van der Waals surface area contributed by atoms with Crippen molar-refractivity contribution in [2.45, 2.75) is 0 Å². The first kappa shape index (κ1) is 51.4. The number of carbonyl (C=O) groups is 8. The van der Waals surface area contributed by atoms with Gasteiger partial charge in [0.2, 0.25) is 57.9 Å². The zero-order chi connectivity index (χ0) is 52.2. The number of halogens is 14. The van der Waals surface area contributed by atoms with Gasteiger partial charge in [0, 0.05) is 0 Å². The van der Waals surface area contributed by atoms with Crippen LogP contribution < -0.4 is 9.47 Å². The molecule has 358 valence electrons. The van der Waals surface area contributed by atoms with Gasteiger partial charge in [-0.05, 0) is 0 Å². The summed E-state index contributed by atoms with van der Waals surface area (Å²) in [5.74, 6) is -66.7. The molecule has 0 heterocycles. The summed E-state index contributed by atoms with van der Waals surface area (Å²) >= 11 is 0. The Morgan fingerprint density at radius 2 is 0.353 bits per heavy atom. The van der Waals surface area contributed by atoms with E-state index in [2.05, 4.69) is 9.47 Å². The van der Waals surface area contributed by atoms with Crippen LogP contribution in [-0.4, -0.2) is 88.6 Å². The fraction of sp³-hybridized carbons (Fsp3) is 0. The molecule has 0 aliphatic carbocycles. The summed E-state index contributed by atoms with van der Waals surface area (Å²) in [6, 6.07) is 0. The van der Waals surface area contributed by atoms with E-state index < -0.39 is 207 Å². The van der Waals surface area contributed by atoms with Crippen LogP contribution in [0.5, 0.6) is 23.0 Å². The normalized spacial score (nSPS) is 10.9. The van der Waals surface area contributed by atoms with Gasteiger partial charge in [-0.2, -0.15) is 26.3 Å². The smallest absolute Gasteiger partial charge is 0.339 e. The van der Waals surface area contributed by atoms with Crippen LogP contribution in [0, 0.1) is 81.4 Å². The number of benzene rings is 5. The average Bonchev–Trinajstić information content (AvgIpc) is 3.22. The van der Waals surface area contributed by atoms with E-state index >= 15 is 0 Å². The minimum Gasteiger partial charge on any atom is -0.478 e. The fourth-order valence-electron chi connectivity index (χ4n) is 5.61. The summed E-state index contributed by atoms with van der Waals surface area (Å²) in [6.45, 7) is 0. The Hall–Kier alpha value is -9.26. The molecule has 18 nitrogen and oxygen atoms in total. The Morgan fingerprint density at radius 3 is 0.529 bits per heavy atom. The predicted octanol–water partition coefficient (Wildman–Crippen LogP) is 7.64. The quantitative estimate of drug-likeness (QED) is 0.0439. The van der Waals surface area contributed by atoms with Gasteiger partial charge in [-0.3, -0.25) is 0 Å². The summed E-state index contributed by atoms with van der Waals surface area (Å²) in [4.78, 5) is 88.6. The van der Waals surface area contributed by atoms with Crippen molar-refractivity contribution in [2.75, 3.05) is 0 Å². The molecule has 68 heavy (non-hydrogen) atoms. The standard InChI is InChI=1S/C22H4F10O10.C14H4F4O8/c23-5-1(19(33)34)3(21(37)38)7(25)15(9(5)27)41-17-11(29)13(31)18(14(32)12(17)30)42-16-8(26)4(22(39)40)2(20(35)36)6(24)10(16)28;15-7-1-2(9(17)5(13(23)24)3(7)11(19)20)10(18)6(14(25)26)4(8(1)16)12(21)22/h(H,33,34)(H,35,36)(H,37,38)(H,39,40);(H,19,20)(H,21,22)(H,23,24)(H,25,26). The summed E-state index contributed by atoms with van der Waals surface area (Å²) in [5.41, 5.74) is -16.2. The topological polar surface area (TPSA) is 317 Å². The van der Waals surface area contributed by atoms with Crippen LogP contribution >= 0.6 is 0 Å². The summed E-state index contributed by atoms with van der Waals surface area (Å²) in [6.07, 6.45) is 0. The molecule has 0 spiro atoms. The third kappa shape index (κ3) is 8.19. The van der Waals surface area contributed by atoms with Crippen molar-refractivity contribution >= 4 is 58.5 Å². The Bertz CT molecular complexity index is 2890. The second kappa shape index (κ2) is 18.3. The maximum absolute atomic E-state index is 14.6. The fourth-order valence-corrected chi connectivity index (χ4v) is 5.61. The molecule has 5 aromatic carbocycles. The van der Waals surface area contributed by atoms with E-state index in [-0.39, 0.29) is 0 Å². The molecule has 5 aromatic rings. The van der Waals surface area contributed by atoms with Gasteiger partial charge in [0.05, 0.1) is 10.8 Å². The minimum absolute atomic E-state index is 1.84. The number of ether oxygens (including phenoxy) is 2. The summed E-state index contributed by atoms with van der Waals surface area (Å²) in [7, 11) is 0. The molecule has 0 saturated heterocycles. The first-order valence-corrected chi connectivity index (χ1v) is 16.1. The Morgan fingerprint density at radius 1 is 0.221 bits per heavy atom. The predicted molar refractivity (Wildman–Crippen MR) is 179 cm³/mol. The van der Waals surface area contributed by atoms with E-state index in [1.54, 1.807) is 0 Å². The first-order chi connectivity index (χ1) is 31.3. The van der Waals surface area contributed by atoms with Crippen molar-refractivity contribution in [3.63, 3.8) is 0 Å². The molecule has 0 amide bonds. The third-order valence-electron chi connectivity index (χ3n) is 8.37. The minimum atomic E-state index is -2.91. The van der Waals surface area contributed by atoms with Gasteiger partial charge in [0.25, 0.3) is 0 Å². The van der Waals surface area contributed by atoms with E-state index in [1.807, 2.05) is 0 Å². The van der Waals surface area contributed by atoms with Gasteiger partial charge in [-0.25, -0.2) is 73.5 Å². The van der Waals surface area contributed by atoms with E-state index in [0.717, 1.165) is 0 Å². The molecular formula is C36H8F14O18. The molecule has 0 saturated carbocycles. The van der Waals surface area contributed by atoms with Crippen LogP contribution in [0.1, 0.15) is 82.9 Å². The first-order valence-electron chi connectivity index (χ1n) is 16.1. The van der Waals surface area contributed by atoms with Gasteiger partial charge in [0.15, 0.2) is 23.3 Å². The van der Waals surface area contributed by atoms with Crippen LogP contribution in [0.25, 0.3) is 10.8 Å². The van der Waals surface area contributed by atoms with E-state index in [0.29, 0.717) is 0 Å². The van der Waals surface area contributed by atoms with Gasteiger partial charge in [-0.15, -0.1) is 0 Å². The lowest BCUT2D eigenvalue weighted by Crippen LogP contribution is -2.19. The molecular weight excluding hydrogens is 986 g/mol. The van der Waals surface area contributed by atoms with Crippen molar-refractivity contribution in [3.8, 4) is 23.0 Å². The third-order valence-corrected chi connectivity index (χ3v) is 8.37. The average molecular weight is 994 g/mol. The van der Waals surface area contributed by atoms with E-state index in [9.17, 15) is 99.8 Å². The number of fused-ring (bicyclic) bond motifs is 1. The highest BCUT2D eigenvalue weighted by atomic mass is 19.2. The number of carboxylic acids is 8. The maximum atomic E-state index is 14.6. The number of hydrogen-bond acceptors (Lipinski definition) is 10. The van der Waals surface area contributed by atoms with Gasteiger partial charge in [0.1, 0.15) is 67.8 Å². The van der Waals surface area contributed by atoms with Crippen molar-refractivity contribution in [1.82, 2.24) is 0 Å². The molecule has 0 atom stereocenters. The lowest BCUT2D eigenvalue weighted by molar-refractivity contribution is 0.0640. The zero-order valence-electron chi connectivity index (χ0n) is 31.0. The molecule has 0 aromatic heterocycles. The number of carboxylic acid groups (broad SMARTS) is 8. The molecule has 5 rings (SSSR count). The van der Waals surface area contributed by atoms with Crippen molar-refractivity contribution < 1.29 is 150 Å². The number of aromatic carboxylic acids is 8. The van der Waals surface area contributed by atoms with Crippen molar-refractivity contribution in [2.24, 2.45) is 0 Å². The molecule has 0 aliphatic rings. The van der Waals surface area contributed by atoms with Gasteiger partial charge in [-0.1, -0.05) is 0 Å². The van der Waals surface area contributed by atoms with Crippen LogP contribution in [-0.2, 0) is 0 Å². The highest BCUT2D eigenvalue weighted by Crippen LogP contribution is 2.43. The van der Waals surface area contributed by atoms with Crippen LogP contribution in [0.4, 0.5) is 61.5 Å². The van der Waals surface area contributed by atoms with Crippen molar-refractivity contribution in [3.05, 3.63) is 126 Å². The molecule has 32 heteroatoms.